The van der Waals surface area contributed by atoms with Crippen molar-refractivity contribution in [2.45, 2.75) is 18.8 Å². The van der Waals surface area contributed by atoms with E-state index in [0.717, 1.165) is 16.6 Å². The molecule has 0 aliphatic heterocycles. The molecule has 1 fully saturated rings. The predicted molar refractivity (Wildman–Crippen MR) is 57.3 cm³/mol. The number of rotatable bonds is 2. The molecule has 1 saturated carbocycles. The van der Waals surface area contributed by atoms with Gasteiger partial charge in [-0.05, 0) is 25.0 Å². The van der Waals surface area contributed by atoms with Crippen LogP contribution in [0.3, 0.4) is 0 Å². The molecule has 2 nitrogen and oxygen atoms in total. The highest BCUT2D eigenvalue weighted by Crippen LogP contribution is 2.41. The van der Waals surface area contributed by atoms with E-state index in [1.165, 1.54) is 18.5 Å². The zero-order valence-corrected chi connectivity index (χ0v) is 8.50. The minimum absolute atomic E-state index is 0.740. The maximum atomic E-state index is 4.60. The molecule has 0 amide bonds. The summed E-state index contributed by atoms with van der Waals surface area (Å²) in [6.45, 7) is 0. The van der Waals surface area contributed by atoms with Gasteiger partial charge in [0.05, 0.1) is 11.4 Å². The molecule has 0 aromatic carbocycles. The van der Waals surface area contributed by atoms with Crippen molar-refractivity contribution in [1.82, 2.24) is 9.97 Å². The second kappa shape index (κ2) is 3.17. The Hall–Kier alpha value is -1.22. The molecule has 0 radical (unpaired) electrons. The summed E-state index contributed by atoms with van der Waals surface area (Å²) in [6.07, 6.45) is 4.43. The first-order valence-corrected chi connectivity index (χ1v) is 5.68. The van der Waals surface area contributed by atoms with Crippen molar-refractivity contribution in [2.75, 3.05) is 0 Å². The van der Waals surface area contributed by atoms with Crippen LogP contribution in [0.25, 0.3) is 10.7 Å². The number of hydrogen-bond donors (Lipinski definition) is 0. The summed E-state index contributed by atoms with van der Waals surface area (Å²) < 4.78 is 0. The lowest BCUT2D eigenvalue weighted by atomic mass is 10.3. The quantitative estimate of drug-likeness (QED) is 0.748. The third kappa shape index (κ3) is 1.44. The number of pyridine rings is 1. The summed E-state index contributed by atoms with van der Waals surface area (Å²) in [4.78, 5) is 8.89. The third-order valence-electron chi connectivity index (χ3n) is 2.40. The highest BCUT2D eigenvalue weighted by molar-refractivity contribution is 7.13. The molecule has 70 valence electrons. The van der Waals surface area contributed by atoms with Crippen LogP contribution in [0.4, 0.5) is 0 Å². The molecule has 2 aromatic heterocycles. The van der Waals surface area contributed by atoms with Crippen LogP contribution in [-0.4, -0.2) is 9.97 Å². The molecular weight excluding hydrogens is 192 g/mol. The van der Waals surface area contributed by atoms with E-state index in [-0.39, 0.29) is 0 Å². The molecule has 1 aliphatic rings. The molecule has 0 spiro atoms. The number of nitrogens with zero attached hydrogens (tertiary/aromatic N) is 2. The average Bonchev–Trinajstić information content (AvgIpc) is 2.98. The van der Waals surface area contributed by atoms with Gasteiger partial charge < -0.3 is 0 Å². The predicted octanol–water partition coefficient (Wildman–Crippen LogP) is 3.08. The van der Waals surface area contributed by atoms with E-state index in [2.05, 4.69) is 15.3 Å². The van der Waals surface area contributed by atoms with E-state index in [9.17, 15) is 0 Å². The van der Waals surface area contributed by atoms with Crippen LogP contribution in [0, 0.1) is 0 Å². The fourth-order valence-corrected chi connectivity index (χ4v) is 2.34. The number of thiazole rings is 1. The standard InChI is InChI=1S/C11H10N2S/c1-2-6-12-9(3-1)11-13-10(7-14-11)8-4-5-8/h1-3,6-8H,4-5H2. The van der Waals surface area contributed by atoms with Crippen molar-refractivity contribution >= 4 is 11.3 Å². The Bertz CT molecular complexity index is 432. The topological polar surface area (TPSA) is 25.8 Å². The molecule has 0 bridgehead atoms. The summed E-state index contributed by atoms with van der Waals surface area (Å²) in [5.74, 6) is 0.740. The lowest BCUT2D eigenvalue weighted by Crippen LogP contribution is -1.82. The molecule has 0 saturated heterocycles. The summed E-state index contributed by atoms with van der Waals surface area (Å²) in [6, 6.07) is 5.94. The first-order valence-electron chi connectivity index (χ1n) is 4.80. The summed E-state index contributed by atoms with van der Waals surface area (Å²) >= 11 is 1.70. The van der Waals surface area contributed by atoms with Crippen LogP contribution in [0.1, 0.15) is 24.5 Å². The van der Waals surface area contributed by atoms with E-state index in [1.54, 1.807) is 11.3 Å². The minimum atomic E-state index is 0.740. The van der Waals surface area contributed by atoms with Gasteiger partial charge in [-0.1, -0.05) is 6.07 Å². The van der Waals surface area contributed by atoms with Crippen molar-refractivity contribution in [3.05, 3.63) is 35.5 Å². The normalized spacial score (nSPS) is 15.7. The van der Waals surface area contributed by atoms with Crippen LogP contribution in [0.15, 0.2) is 29.8 Å². The first kappa shape index (κ1) is 8.12. The van der Waals surface area contributed by atoms with E-state index < -0.39 is 0 Å². The van der Waals surface area contributed by atoms with Crippen molar-refractivity contribution in [3.8, 4) is 10.7 Å². The summed E-state index contributed by atoms with van der Waals surface area (Å²) in [5, 5.41) is 3.22. The summed E-state index contributed by atoms with van der Waals surface area (Å²) in [5.41, 5.74) is 2.25. The van der Waals surface area contributed by atoms with Crippen LogP contribution in [0.5, 0.6) is 0 Å². The fourth-order valence-electron chi connectivity index (χ4n) is 1.46. The molecule has 0 unspecified atom stereocenters. The van der Waals surface area contributed by atoms with Crippen molar-refractivity contribution < 1.29 is 0 Å². The highest BCUT2D eigenvalue weighted by Gasteiger charge is 2.26. The van der Waals surface area contributed by atoms with Gasteiger partial charge in [-0.15, -0.1) is 11.3 Å². The molecule has 0 N–H and O–H groups in total. The van der Waals surface area contributed by atoms with Crippen molar-refractivity contribution in [2.24, 2.45) is 0 Å². The summed E-state index contributed by atoms with van der Waals surface area (Å²) in [7, 11) is 0. The van der Waals surface area contributed by atoms with E-state index in [1.807, 2.05) is 24.4 Å². The van der Waals surface area contributed by atoms with Gasteiger partial charge in [-0.2, -0.15) is 0 Å². The third-order valence-corrected chi connectivity index (χ3v) is 3.28. The van der Waals surface area contributed by atoms with E-state index >= 15 is 0 Å². The van der Waals surface area contributed by atoms with Crippen LogP contribution in [-0.2, 0) is 0 Å². The van der Waals surface area contributed by atoms with Gasteiger partial charge in [-0.25, -0.2) is 4.98 Å². The molecule has 2 aromatic rings. The van der Waals surface area contributed by atoms with Gasteiger partial charge in [0.15, 0.2) is 0 Å². The van der Waals surface area contributed by atoms with Gasteiger partial charge in [0, 0.05) is 17.5 Å². The smallest absolute Gasteiger partial charge is 0.142 e. The van der Waals surface area contributed by atoms with E-state index in [0.29, 0.717) is 0 Å². The lowest BCUT2D eigenvalue weighted by molar-refractivity contribution is 1.05. The van der Waals surface area contributed by atoms with Gasteiger partial charge in [0.25, 0.3) is 0 Å². The van der Waals surface area contributed by atoms with Crippen molar-refractivity contribution in [1.29, 1.82) is 0 Å². The van der Waals surface area contributed by atoms with Gasteiger partial charge in [0.2, 0.25) is 0 Å². The molecule has 14 heavy (non-hydrogen) atoms. The monoisotopic (exact) mass is 202 g/mol. The first-order chi connectivity index (χ1) is 6.93. The molecular formula is C11H10N2S. The van der Waals surface area contributed by atoms with Gasteiger partial charge in [-0.3, -0.25) is 4.98 Å². The Balaban J connectivity index is 1.96. The maximum Gasteiger partial charge on any atom is 0.142 e. The number of hydrogen-bond acceptors (Lipinski definition) is 3. The second-order valence-electron chi connectivity index (χ2n) is 3.57. The second-order valence-corrected chi connectivity index (χ2v) is 4.42. The van der Waals surface area contributed by atoms with Gasteiger partial charge in [0.1, 0.15) is 5.01 Å². The Kier molecular flexibility index (Phi) is 1.84. The van der Waals surface area contributed by atoms with Crippen LogP contribution >= 0.6 is 11.3 Å². The lowest BCUT2D eigenvalue weighted by Gasteiger charge is -1.92. The molecule has 3 rings (SSSR count). The molecule has 2 heterocycles. The average molecular weight is 202 g/mol. The van der Waals surface area contributed by atoms with Crippen molar-refractivity contribution in [3.63, 3.8) is 0 Å². The van der Waals surface area contributed by atoms with Crippen LogP contribution in [0.2, 0.25) is 0 Å². The maximum absolute atomic E-state index is 4.60. The SMILES string of the molecule is c1ccc(-c2nc(C3CC3)cs2)nc1. The van der Waals surface area contributed by atoms with Crippen LogP contribution < -0.4 is 0 Å². The Morgan fingerprint density at radius 1 is 1.29 bits per heavy atom. The van der Waals surface area contributed by atoms with Gasteiger partial charge >= 0.3 is 0 Å². The Morgan fingerprint density at radius 3 is 2.93 bits per heavy atom. The van der Waals surface area contributed by atoms with E-state index in [4.69, 9.17) is 0 Å². The largest absolute Gasteiger partial charge is 0.254 e. The molecule has 3 heteroatoms. The Morgan fingerprint density at radius 2 is 2.21 bits per heavy atom. The zero-order chi connectivity index (χ0) is 9.38. The molecule has 1 aliphatic carbocycles. The zero-order valence-electron chi connectivity index (χ0n) is 7.68. The number of aromatic nitrogens is 2. The molecule has 0 atom stereocenters. The highest BCUT2D eigenvalue weighted by atomic mass is 32.1. The minimum Gasteiger partial charge on any atom is -0.254 e. The Labute approximate surface area is 86.7 Å². The fraction of sp³-hybridized carbons (Fsp3) is 0.273.